The zero-order chi connectivity index (χ0) is 16.2. The molecule has 0 saturated heterocycles. The topological polar surface area (TPSA) is 78.9 Å². The lowest BCUT2D eigenvalue weighted by Crippen LogP contribution is -2.09. The number of aromatic amines is 1. The van der Waals surface area contributed by atoms with Gasteiger partial charge in [-0.05, 0) is 17.5 Å². The van der Waals surface area contributed by atoms with E-state index in [1.165, 1.54) is 0 Å². The van der Waals surface area contributed by atoms with E-state index in [4.69, 9.17) is 0 Å². The van der Waals surface area contributed by atoms with E-state index >= 15 is 0 Å². The van der Waals surface area contributed by atoms with Gasteiger partial charge in [-0.15, -0.1) is 0 Å². The van der Waals surface area contributed by atoms with Gasteiger partial charge in [0.15, 0.2) is 0 Å². The van der Waals surface area contributed by atoms with Crippen molar-refractivity contribution in [2.45, 2.75) is 32.3 Å². The van der Waals surface area contributed by atoms with E-state index in [0.717, 1.165) is 16.5 Å². The fourth-order valence-corrected chi connectivity index (χ4v) is 2.80. The van der Waals surface area contributed by atoms with Crippen molar-refractivity contribution in [2.75, 3.05) is 0 Å². The maximum atomic E-state index is 12.3. The van der Waals surface area contributed by atoms with Crippen LogP contribution in [0.15, 0.2) is 42.6 Å². The Kier molecular flexibility index (Phi) is 4.48. The van der Waals surface area contributed by atoms with Gasteiger partial charge >= 0.3 is 0 Å². The molecule has 0 aliphatic rings. The summed E-state index contributed by atoms with van der Waals surface area (Å²) in [4.78, 5) is 16.7. The third-order valence-corrected chi connectivity index (χ3v) is 3.99. The SMILES string of the molecule is C[C@@H](CC(=O)Cc1cc2cn[nH]c2c(CO)n1)c1ccccc1. The van der Waals surface area contributed by atoms with E-state index in [1.807, 2.05) is 36.4 Å². The first-order chi connectivity index (χ1) is 11.2. The molecular formula is C18H19N3O2. The highest BCUT2D eigenvalue weighted by atomic mass is 16.3. The van der Waals surface area contributed by atoms with Crippen LogP contribution < -0.4 is 0 Å². The number of rotatable bonds is 6. The molecular weight excluding hydrogens is 290 g/mol. The molecule has 1 aromatic carbocycles. The van der Waals surface area contributed by atoms with Crippen molar-refractivity contribution in [3.8, 4) is 0 Å². The first kappa shape index (κ1) is 15.4. The Morgan fingerprint density at radius 2 is 2.09 bits per heavy atom. The van der Waals surface area contributed by atoms with Gasteiger partial charge in [0.25, 0.3) is 0 Å². The molecule has 0 radical (unpaired) electrons. The number of Topliss-reactive ketones (excluding diaryl/α,β-unsaturated/α-hetero) is 1. The molecule has 0 aliphatic heterocycles. The number of fused-ring (bicyclic) bond motifs is 1. The summed E-state index contributed by atoms with van der Waals surface area (Å²) in [5.74, 6) is 0.319. The molecule has 0 fully saturated rings. The Morgan fingerprint density at radius 1 is 1.30 bits per heavy atom. The van der Waals surface area contributed by atoms with E-state index in [1.54, 1.807) is 6.20 Å². The maximum Gasteiger partial charge on any atom is 0.139 e. The molecule has 0 saturated carbocycles. The van der Waals surface area contributed by atoms with E-state index in [0.29, 0.717) is 17.8 Å². The highest BCUT2D eigenvalue weighted by Crippen LogP contribution is 2.21. The third-order valence-electron chi connectivity index (χ3n) is 3.99. The van der Waals surface area contributed by atoms with Gasteiger partial charge in [0, 0.05) is 23.9 Å². The molecule has 0 unspecified atom stereocenters. The molecule has 0 amide bonds. The van der Waals surface area contributed by atoms with Crippen LogP contribution in [-0.2, 0) is 17.8 Å². The zero-order valence-electron chi connectivity index (χ0n) is 13.0. The molecule has 2 N–H and O–H groups in total. The van der Waals surface area contributed by atoms with Crippen LogP contribution in [0.1, 0.15) is 36.2 Å². The van der Waals surface area contributed by atoms with Crippen molar-refractivity contribution in [3.05, 3.63) is 59.5 Å². The number of ketones is 1. The summed E-state index contributed by atoms with van der Waals surface area (Å²) in [6.45, 7) is 1.88. The minimum atomic E-state index is -0.179. The van der Waals surface area contributed by atoms with Gasteiger partial charge in [0.2, 0.25) is 0 Å². The summed E-state index contributed by atoms with van der Waals surface area (Å²) >= 11 is 0. The molecule has 3 rings (SSSR count). The molecule has 1 atom stereocenters. The lowest BCUT2D eigenvalue weighted by atomic mass is 9.94. The molecule has 0 bridgehead atoms. The predicted octanol–water partition coefficient (Wildman–Crippen LogP) is 2.76. The molecule has 3 aromatic rings. The fourth-order valence-electron chi connectivity index (χ4n) is 2.80. The molecule has 118 valence electrons. The predicted molar refractivity (Wildman–Crippen MR) is 88.0 cm³/mol. The van der Waals surface area contributed by atoms with Crippen LogP contribution in [0.3, 0.4) is 0 Å². The van der Waals surface area contributed by atoms with Gasteiger partial charge in [-0.1, -0.05) is 37.3 Å². The average molecular weight is 309 g/mol. The summed E-state index contributed by atoms with van der Waals surface area (Å²) in [6.07, 6.45) is 2.42. The van der Waals surface area contributed by atoms with Gasteiger partial charge in [-0.2, -0.15) is 5.10 Å². The van der Waals surface area contributed by atoms with Crippen molar-refractivity contribution in [1.82, 2.24) is 15.2 Å². The largest absolute Gasteiger partial charge is 0.390 e. The summed E-state index contributed by atoms with van der Waals surface area (Å²) in [6, 6.07) is 11.9. The normalized spacial score (nSPS) is 12.4. The number of aliphatic hydroxyl groups excluding tert-OH is 1. The highest BCUT2D eigenvalue weighted by molar-refractivity contribution is 5.84. The minimum Gasteiger partial charge on any atom is -0.390 e. The lowest BCUT2D eigenvalue weighted by Gasteiger charge is -2.11. The van der Waals surface area contributed by atoms with Gasteiger partial charge in [0.05, 0.1) is 24.0 Å². The smallest absolute Gasteiger partial charge is 0.139 e. The standard InChI is InChI=1S/C18H19N3O2/c1-12(13-5-3-2-4-6-13)7-16(23)9-15-8-14-10-19-21-18(14)17(11-22)20-15/h2-6,8,10,12,22H,7,9,11H2,1H3,(H,19,21)/t12-/m0/s1. The number of nitrogens with zero attached hydrogens (tertiary/aromatic N) is 2. The number of hydrogen-bond donors (Lipinski definition) is 2. The summed E-state index contributed by atoms with van der Waals surface area (Å²) < 4.78 is 0. The number of carbonyl (C=O) groups excluding carboxylic acids is 1. The van der Waals surface area contributed by atoms with E-state index in [9.17, 15) is 9.90 Å². The van der Waals surface area contributed by atoms with Crippen LogP contribution in [0, 0.1) is 0 Å². The number of pyridine rings is 1. The fraction of sp³-hybridized carbons (Fsp3) is 0.278. The Balaban J connectivity index is 1.72. The molecule has 5 nitrogen and oxygen atoms in total. The first-order valence-electron chi connectivity index (χ1n) is 7.66. The van der Waals surface area contributed by atoms with Crippen LogP contribution >= 0.6 is 0 Å². The van der Waals surface area contributed by atoms with Gasteiger partial charge in [-0.3, -0.25) is 14.9 Å². The highest BCUT2D eigenvalue weighted by Gasteiger charge is 2.14. The first-order valence-corrected chi connectivity index (χ1v) is 7.66. The Labute approximate surface area is 134 Å². The van der Waals surface area contributed by atoms with Crippen molar-refractivity contribution < 1.29 is 9.90 Å². The molecule has 23 heavy (non-hydrogen) atoms. The van der Waals surface area contributed by atoms with E-state index in [2.05, 4.69) is 22.1 Å². The number of carbonyl (C=O) groups is 1. The van der Waals surface area contributed by atoms with Crippen molar-refractivity contribution in [2.24, 2.45) is 0 Å². The lowest BCUT2D eigenvalue weighted by molar-refractivity contribution is -0.118. The van der Waals surface area contributed by atoms with Crippen LogP contribution in [0.4, 0.5) is 0 Å². The summed E-state index contributed by atoms with van der Waals surface area (Å²) in [5.41, 5.74) is 3.09. The summed E-state index contributed by atoms with van der Waals surface area (Å²) in [5, 5.41) is 17.0. The average Bonchev–Trinajstić information content (AvgIpc) is 3.03. The number of benzene rings is 1. The van der Waals surface area contributed by atoms with Crippen molar-refractivity contribution >= 4 is 16.7 Å². The van der Waals surface area contributed by atoms with Crippen LogP contribution in [0.25, 0.3) is 10.9 Å². The Bertz CT molecular complexity index is 812. The number of hydrogen-bond acceptors (Lipinski definition) is 4. The molecule has 2 heterocycles. The number of H-pyrrole nitrogens is 1. The number of aliphatic hydroxyl groups is 1. The number of nitrogens with one attached hydrogen (secondary N) is 1. The van der Waals surface area contributed by atoms with Gasteiger partial charge in [-0.25, -0.2) is 0 Å². The molecule has 5 heteroatoms. The van der Waals surface area contributed by atoms with Crippen LogP contribution in [0.2, 0.25) is 0 Å². The van der Waals surface area contributed by atoms with Crippen molar-refractivity contribution in [1.29, 1.82) is 0 Å². The van der Waals surface area contributed by atoms with Gasteiger partial charge in [0.1, 0.15) is 5.78 Å². The van der Waals surface area contributed by atoms with E-state index in [-0.39, 0.29) is 24.7 Å². The van der Waals surface area contributed by atoms with Crippen molar-refractivity contribution in [3.63, 3.8) is 0 Å². The molecule has 0 aliphatic carbocycles. The quantitative estimate of drug-likeness (QED) is 0.734. The molecule has 2 aromatic heterocycles. The monoisotopic (exact) mass is 309 g/mol. The third kappa shape index (κ3) is 3.46. The minimum absolute atomic E-state index is 0.139. The van der Waals surface area contributed by atoms with Crippen LogP contribution in [-0.4, -0.2) is 26.1 Å². The second-order valence-corrected chi connectivity index (χ2v) is 5.78. The zero-order valence-corrected chi connectivity index (χ0v) is 13.0. The van der Waals surface area contributed by atoms with Gasteiger partial charge < -0.3 is 5.11 Å². The van der Waals surface area contributed by atoms with E-state index < -0.39 is 0 Å². The Hall–Kier alpha value is -2.53. The second-order valence-electron chi connectivity index (χ2n) is 5.78. The number of aromatic nitrogens is 3. The van der Waals surface area contributed by atoms with Crippen LogP contribution in [0.5, 0.6) is 0 Å². The second kappa shape index (κ2) is 6.71. The molecule has 0 spiro atoms. The maximum absolute atomic E-state index is 12.3. The Morgan fingerprint density at radius 3 is 2.83 bits per heavy atom. The summed E-state index contributed by atoms with van der Waals surface area (Å²) in [7, 11) is 0.